The molecule has 0 atom stereocenters. The molecule has 2 rings (SSSR count). The molecule has 0 aliphatic heterocycles. The first-order chi connectivity index (χ1) is 9.88. The van der Waals surface area contributed by atoms with E-state index in [1.807, 2.05) is 0 Å². The molecule has 0 spiro atoms. The van der Waals surface area contributed by atoms with Crippen LogP contribution in [-0.4, -0.2) is 23.9 Å². The van der Waals surface area contributed by atoms with Gasteiger partial charge in [0.05, 0.1) is 12.0 Å². The van der Waals surface area contributed by atoms with Crippen molar-refractivity contribution >= 4 is 5.91 Å². The lowest BCUT2D eigenvalue weighted by molar-refractivity contribution is -0.138. The van der Waals surface area contributed by atoms with Crippen molar-refractivity contribution in [1.82, 2.24) is 4.90 Å². The molecule has 1 aromatic carbocycles. The SMILES string of the molecule is CN(C(=O)Cc1cccc(C(F)(F)F)c1)C1CCCCC1. The summed E-state index contributed by atoms with van der Waals surface area (Å²) in [6, 6.07) is 5.25. The van der Waals surface area contributed by atoms with Crippen LogP contribution in [0.1, 0.15) is 43.2 Å². The first-order valence-electron chi connectivity index (χ1n) is 7.30. The summed E-state index contributed by atoms with van der Waals surface area (Å²) >= 11 is 0. The molecule has 0 N–H and O–H groups in total. The fraction of sp³-hybridized carbons (Fsp3) is 0.562. The van der Waals surface area contributed by atoms with Crippen LogP contribution in [0.2, 0.25) is 0 Å². The maximum absolute atomic E-state index is 12.7. The fourth-order valence-electron chi connectivity index (χ4n) is 2.83. The van der Waals surface area contributed by atoms with Crippen molar-refractivity contribution in [2.24, 2.45) is 0 Å². The van der Waals surface area contributed by atoms with E-state index in [1.165, 1.54) is 12.5 Å². The quantitative estimate of drug-likeness (QED) is 0.825. The number of likely N-dealkylation sites (N-methyl/N-ethyl adjacent to an activating group) is 1. The fourth-order valence-corrected chi connectivity index (χ4v) is 2.83. The summed E-state index contributed by atoms with van der Waals surface area (Å²) in [5, 5.41) is 0. The highest BCUT2D eigenvalue weighted by molar-refractivity contribution is 5.78. The second-order valence-corrected chi connectivity index (χ2v) is 5.67. The summed E-state index contributed by atoms with van der Waals surface area (Å²) in [5.74, 6) is -0.110. The van der Waals surface area contributed by atoms with Gasteiger partial charge >= 0.3 is 6.18 Å². The standard InChI is InChI=1S/C16H20F3NO/c1-20(14-8-3-2-4-9-14)15(21)11-12-6-5-7-13(10-12)16(17,18)19/h5-7,10,14H,2-4,8-9,11H2,1H3. The van der Waals surface area contributed by atoms with Crippen LogP contribution >= 0.6 is 0 Å². The topological polar surface area (TPSA) is 20.3 Å². The lowest BCUT2D eigenvalue weighted by Gasteiger charge is -2.31. The van der Waals surface area contributed by atoms with Crippen LogP contribution in [0.4, 0.5) is 13.2 Å². The highest BCUT2D eigenvalue weighted by Crippen LogP contribution is 2.30. The molecular weight excluding hydrogens is 279 g/mol. The van der Waals surface area contributed by atoms with Gasteiger partial charge in [0.2, 0.25) is 5.91 Å². The van der Waals surface area contributed by atoms with E-state index in [4.69, 9.17) is 0 Å². The summed E-state index contributed by atoms with van der Waals surface area (Å²) in [6.07, 6.45) is 1.07. The number of nitrogens with zero attached hydrogens (tertiary/aromatic N) is 1. The molecule has 1 saturated carbocycles. The number of alkyl halides is 3. The Morgan fingerprint density at radius 2 is 1.90 bits per heavy atom. The molecule has 1 amide bonds. The van der Waals surface area contributed by atoms with Gasteiger partial charge in [0.1, 0.15) is 0 Å². The van der Waals surface area contributed by atoms with E-state index < -0.39 is 11.7 Å². The number of halogens is 3. The number of amides is 1. The highest BCUT2D eigenvalue weighted by Gasteiger charge is 2.30. The summed E-state index contributed by atoms with van der Waals surface area (Å²) in [6.45, 7) is 0. The van der Waals surface area contributed by atoms with E-state index in [1.54, 1.807) is 18.0 Å². The zero-order valence-electron chi connectivity index (χ0n) is 12.1. The maximum atomic E-state index is 12.7. The van der Waals surface area contributed by atoms with Crippen molar-refractivity contribution in [2.45, 2.75) is 50.7 Å². The number of rotatable bonds is 3. The predicted molar refractivity (Wildman–Crippen MR) is 74.8 cm³/mol. The van der Waals surface area contributed by atoms with Crippen LogP contribution in [0.3, 0.4) is 0 Å². The summed E-state index contributed by atoms with van der Waals surface area (Å²) in [7, 11) is 1.76. The third kappa shape index (κ3) is 4.22. The Morgan fingerprint density at radius 1 is 1.24 bits per heavy atom. The van der Waals surface area contributed by atoms with Crippen LogP contribution in [0, 0.1) is 0 Å². The zero-order chi connectivity index (χ0) is 15.5. The molecule has 1 fully saturated rings. The van der Waals surface area contributed by atoms with Crippen LogP contribution in [-0.2, 0) is 17.4 Å². The van der Waals surface area contributed by atoms with Crippen molar-refractivity contribution in [3.63, 3.8) is 0 Å². The molecule has 21 heavy (non-hydrogen) atoms. The van der Waals surface area contributed by atoms with Crippen molar-refractivity contribution in [3.8, 4) is 0 Å². The Bertz CT molecular complexity index is 493. The lowest BCUT2D eigenvalue weighted by Crippen LogP contribution is -2.39. The van der Waals surface area contributed by atoms with E-state index in [9.17, 15) is 18.0 Å². The number of hydrogen-bond acceptors (Lipinski definition) is 1. The van der Waals surface area contributed by atoms with Gasteiger partial charge in [-0.25, -0.2) is 0 Å². The molecule has 5 heteroatoms. The zero-order valence-corrected chi connectivity index (χ0v) is 12.1. The van der Waals surface area contributed by atoms with Gasteiger partial charge < -0.3 is 4.90 Å². The van der Waals surface area contributed by atoms with Crippen LogP contribution < -0.4 is 0 Å². The largest absolute Gasteiger partial charge is 0.416 e. The smallest absolute Gasteiger partial charge is 0.342 e. The van der Waals surface area contributed by atoms with Crippen LogP contribution in [0.25, 0.3) is 0 Å². The van der Waals surface area contributed by atoms with Crippen molar-refractivity contribution in [1.29, 1.82) is 0 Å². The lowest BCUT2D eigenvalue weighted by atomic mass is 9.94. The summed E-state index contributed by atoms with van der Waals surface area (Å²) < 4.78 is 38.0. The van der Waals surface area contributed by atoms with Crippen LogP contribution in [0.5, 0.6) is 0 Å². The van der Waals surface area contributed by atoms with Crippen molar-refractivity contribution < 1.29 is 18.0 Å². The minimum Gasteiger partial charge on any atom is -0.342 e. The molecule has 1 aliphatic rings. The molecule has 0 radical (unpaired) electrons. The van der Waals surface area contributed by atoms with Crippen molar-refractivity contribution in [3.05, 3.63) is 35.4 Å². The van der Waals surface area contributed by atoms with E-state index in [2.05, 4.69) is 0 Å². The molecule has 1 aromatic rings. The van der Waals surface area contributed by atoms with Gasteiger partial charge in [0.15, 0.2) is 0 Å². The Kier molecular flexibility index (Phi) is 4.91. The second kappa shape index (κ2) is 6.50. The van der Waals surface area contributed by atoms with Crippen molar-refractivity contribution in [2.75, 3.05) is 7.05 Å². The molecule has 0 bridgehead atoms. The second-order valence-electron chi connectivity index (χ2n) is 5.67. The molecule has 0 aromatic heterocycles. The Hall–Kier alpha value is -1.52. The van der Waals surface area contributed by atoms with Gasteiger partial charge in [-0.15, -0.1) is 0 Å². The summed E-state index contributed by atoms with van der Waals surface area (Å²) in [4.78, 5) is 13.9. The number of hydrogen-bond donors (Lipinski definition) is 0. The van der Waals surface area contributed by atoms with Gasteiger partial charge in [-0.2, -0.15) is 13.2 Å². The molecule has 116 valence electrons. The van der Waals surface area contributed by atoms with E-state index in [-0.39, 0.29) is 18.4 Å². The predicted octanol–water partition coefficient (Wildman–Crippen LogP) is 4.04. The maximum Gasteiger partial charge on any atom is 0.416 e. The molecule has 0 saturated heterocycles. The minimum absolute atomic E-state index is 0.0247. The molecule has 0 heterocycles. The van der Waals surface area contributed by atoms with Gasteiger partial charge in [-0.3, -0.25) is 4.79 Å². The normalized spacial score (nSPS) is 16.8. The van der Waals surface area contributed by atoms with Gasteiger partial charge in [0.25, 0.3) is 0 Å². The summed E-state index contributed by atoms with van der Waals surface area (Å²) in [5.41, 5.74) is -0.286. The Balaban J connectivity index is 2.02. The third-order valence-electron chi connectivity index (χ3n) is 4.13. The first-order valence-corrected chi connectivity index (χ1v) is 7.30. The molecule has 0 unspecified atom stereocenters. The molecule has 1 aliphatic carbocycles. The Morgan fingerprint density at radius 3 is 2.52 bits per heavy atom. The average Bonchev–Trinajstić information content (AvgIpc) is 2.47. The minimum atomic E-state index is -4.37. The highest BCUT2D eigenvalue weighted by atomic mass is 19.4. The van der Waals surface area contributed by atoms with Gasteiger partial charge in [-0.05, 0) is 24.5 Å². The monoisotopic (exact) mass is 299 g/mol. The van der Waals surface area contributed by atoms with E-state index in [0.29, 0.717) is 5.56 Å². The average molecular weight is 299 g/mol. The Labute approximate surface area is 122 Å². The number of benzene rings is 1. The third-order valence-corrected chi connectivity index (χ3v) is 4.13. The number of carbonyl (C=O) groups is 1. The van der Waals surface area contributed by atoms with E-state index >= 15 is 0 Å². The molecule has 2 nitrogen and oxygen atoms in total. The number of carbonyl (C=O) groups excluding carboxylic acids is 1. The van der Waals surface area contributed by atoms with Gasteiger partial charge in [0, 0.05) is 13.1 Å². The molecular formula is C16H20F3NO. The van der Waals surface area contributed by atoms with E-state index in [0.717, 1.165) is 37.8 Å². The van der Waals surface area contributed by atoms with Gasteiger partial charge in [-0.1, -0.05) is 37.5 Å². The first kappa shape index (κ1) is 15.9. The van der Waals surface area contributed by atoms with Crippen LogP contribution in [0.15, 0.2) is 24.3 Å².